The quantitative estimate of drug-likeness (QED) is 0.207. The molecule has 0 aromatic carbocycles. The van der Waals surface area contributed by atoms with Crippen molar-refractivity contribution in [1.29, 1.82) is 0 Å². The summed E-state index contributed by atoms with van der Waals surface area (Å²) < 4.78 is 0. The monoisotopic (exact) mass is 214 g/mol. The van der Waals surface area contributed by atoms with E-state index in [0.29, 0.717) is 32.2 Å². The third-order valence-electron chi connectivity index (χ3n) is 2.10. The second-order valence-electron chi connectivity index (χ2n) is 3.31. The van der Waals surface area contributed by atoms with Crippen LogP contribution in [0.4, 0.5) is 0 Å². The van der Waals surface area contributed by atoms with Crippen LogP contribution in [0.2, 0.25) is 0 Å². The zero-order chi connectivity index (χ0) is 11.7. The first-order valence-corrected chi connectivity index (χ1v) is 4.52. The minimum atomic E-state index is -1.24. The second-order valence-corrected chi connectivity index (χ2v) is 3.31. The van der Waals surface area contributed by atoms with Gasteiger partial charge in [0.05, 0.1) is 0 Å². The number of carboxylic acid groups (broad SMARTS) is 1. The summed E-state index contributed by atoms with van der Waals surface area (Å²) >= 11 is 0. The number of amides is 1. The van der Waals surface area contributed by atoms with E-state index in [2.05, 4.69) is 15.3 Å². The van der Waals surface area contributed by atoms with Gasteiger partial charge in [-0.05, 0) is 25.3 Å². The van der Waals surface area contributed by atoms with Crippen LogP contribution in [-0.4, -0.2) is 29.6 Å². The van der Waals surface area contributed by atoms with Crippen molar-refractivity contribution in [3.05, 3.63) is 10.4 Å². The minimum absolute atomic E-state index is 0.308. The molecule has 0 rings (SSSR count). The maximum atomic E-state index is 10.8. The predicted molar refractivity (Wildman–Crippen MR) is 53.1 cm³/mol. The predicted octanol–water partition coefficient (Wildman–Crippen LogP) is 1.06. The summed E-state index contributed by atoms with van der Waals surface area (Å²) in [5.74, 6) is -1.07. The van der Waals surface area contributed by atoms with Gasteiger partial charge >= 0.3 is 5.97 Å². The molecule has 15 heavy (non-hydrogen) atoms. The Kier molecular flexibility index (Phi) is 5.89. The Hall–Kier alpha value is -1.75. The molecule has 0 aromatic heterocycles. The first kappa shape index (κ1) is 13.2. The number of nitrogens with zero attached hydrogens (tertiary/aromatic N) is 3. The highest BCUT2D eigenvalue weighted by Gasteiger charge is 2.31. The van der Waals surface area contributed by atoms with E-state index in [1.54, 1.807) is 0 Å². The van der Waals surface area contributed by atoms with E-state index in [1.807, 2.05) is 0 Å². The van der Waals surface area contributed by atoms with Crippen molar-refractivity contribution in [1.82, 2.24) is 5.32 Å². The topological polar surface area (TPSA) is 115 Å². The van der Waals surface area contributed by atoms with Crippen LogP contribution in [0.25, 0.3) is 10.4 Å². The Balaban J connectivity index is 4.01. The maximum Gasteiger partial charge on any atom is 0.329 e. The Morgan fingerprint density at radius 1 is 1.67 bits per heavy atom. The van der Waals surface area contributed by atoms with Gasteiger partial charge in [-0.15, -0.1) is 0 Å². The Labute approximate surface area is 87.1 Å². The SMILES string of the molecule is C[C@](CCCCN=[N+]=[N-])(NC=O)C(=O)O. The first-order valence-electron chi connectivity index (χ1n) is 4.52. The Morgan fingerprint density at radius 2 is 2.33 bits per heavy atom. The molecule has 0 bridgehead atoms. The smallest absolute Gasteiger partial charge is 0.329 e. The van der Waals surface area contributed by atoms with Gasteiger partial charge in [0.15, 0.2) is 0 Å². The highest BCUT2D eigenvalue weighted by Crippen LogP contribution is 2.13. The van der Waals surface area contributed by atoms with Crippen LogP contribution < -0.4 is 5.32 Å². The molecular weight excluding hydrogens is 200 g/mol. The molecule has 0 aliphatic heterocycles. The number of aliphatic carboxylic acids is 1. The molecule has 84 valence electrons. The molecular formula is C8H14N4O3. The van der Waals surface area contributed by atoms with Gasteiger partial charge in [0.1, 0.15) is 5.54 Å². The zero-order valence-corrected chi connectivity index (χ0v) is 8.51. The number of azide groups is 1. The number of rotatable bonds is 8. The van der Waals surface area contributed by atoms with Crippen molar-refractivity contribution >= 4 is 12.4 Å². The van der Waals surface area contributed by atoms with Crippen molar-refractivity contribution < 1.29 is 14.7 Å². The van der Waals surface area contributed by atoms with E-state index in [0.717, 1.165) is 0 Å². The molecule has 7 nitrogen and oxygen atoms in total. The minimum Gasteiger partial charge on any atom is -0.480 e. The first-order chi connectivity index (χ1) is 7.06. The molecule has 0 heterocycles. The summed E-state index contributed by atoms with van der Waals surface area (Å²) in [5, 5.41) is 14.5. The molecule has 0 spiro atoms. The molecule has 2 N–H and O–H groups in total. The van der Waals surface area contributed by atoms with Crippen LogP contribution in [0.3, 0.4) is 0 Å². The molecule has 0 saturated heterocycles. The fourth-order valence-corrected chi connectivity index (χ4v) is 1.08. The van der Waals surface area contributed by atoms with Gasteiger partial charge in [0.2, 0.25) is 6.41 Å². The van der Waals surface area contributed by atoms with Crippen LogP contribution in [-0.2, 0) is 9.59 Å². The fraction of sp³-hybridized carbons (Fsp3) is 0.750. The summed E-state index contributed by atoms with van der Waals surface area (Å²) in [7, 11) is 0. The van der Waals surface area contributed by atoms with E-state index in [1.165, 1.54) is 6.92 Å². The lowest BCUT2D eigenvalue weighted by molar-refractivity contribution is -0.145. The van der Waals surface area contributed by atoms with E-state index in [-0.39, 0.29) is 0 Å². The number of unbranched alkanes of at least 4 members (excludes halogenated alkanes) is 1. The number of hydrogen-bond donors (Lipinski definition) is 2. The largest absolute Gasteiger partial charge is 0.480 e. The van der Waals surface area contributed by atoms with Gasteiger partial charge in [-0.3, -0.25) is 4.79 Å². The molecule has 0 aromatic rings. The van der Waals surface area contributed by atoms with E-state index >= 15 is 0 Å². The highest BCUT2D eigenvalue weighted by molar-refractivity contribution is 5.80. The second kappa shape index (κ2) is 6.67. The molecule has 0 aliphatic rings. The Bertz CT molecular complexity index is 275. The zero-order valence-electron chi connectivity index (χ0n) is 8.51. The third kappa shape index (κ3) is 4.87. The molecule has 7 heteroatoms. The Morgan fingerprint density at radius 3 is 2.80 bits per heavy atom. The molecule has 0 unspecified atom stereocenters. The van der Waals surface area contributed by atoms with Gasteiger partial charge in [-0.25, -0.2) is 4.79 Å². The summed E-state index contributed by atoms with van der Waals surface area (Å²) in [6.45, 7) is 1.78. The summed E-state index contributed by atoms with van der Waals surface area (Å²) in [5.41, 5.74) is 6.77. The van der Waals surface area contributed by atoms with Gasteiger partial charge in [0, 0.05) is 11.5 Å². The normalized spacial score (nSPS) is 13.4. The highest BCUT2D eigenvalue weighted by atomic mass is 16.4. The van der Waals surface area contributed by atoms with Crippen LogP contribution in [0.5, 0.6) is 0 Å². The lowest BCUT2D eigenvalue weighted by Crippen LogP contribution is -2.48. The molecule has 1 atom stereocenters. The van der Waals surface area contributed by atoms with Crippen molar-refractivity contribution in [2.45, 2.75) is 31.7 Å². The van der Waals surface area contributed by atoms with Crippen molar-refractivity contribution in [3.63, 3.8) is 0 Å². The average molecular weight is 214 g/mol. The van der Waals surface area contributed by atoms with Gasteiger partial charge in [-0.2, -0.15) is 0 Å². The van der Waals surface area contributed by atoms with Crippen molar-refractivity contribution in [2.75, 3.05) is 6.54 Å². The van der Waals surface area contributed by atoms with Crippen LogP contribution in [0.15, 0.2) is 5.11 Å². The van der Waals surface area contributed by atoms with Gasteiger partial charge < -0.3 is 10.4 Å². The standard InChI is InChI=1S/C8H14N4O3/c1-8(7(14)15,10-6-13)4-2-3-5-11-12-9/h6H,2-5H2,1H3,(H,10,13)(H,14,15)/t8-/m1/s1. The van der Waals surface area contributed by atoms with Crippen molar-refractivity contribution in [2.24, 2.45) is 5.11 Å². The number of hydrogen-bond acceptors (Lipinski definition) is 3. The maximum absolute atomic E-state index is 10.8. The van der Waals surface area contributed by atoms with Gasteiger partial charge in [0.25, 0.3) is 0 Å². The van der Waals surface area contributed by atoms with E-state index in [9.17, 15) is 9.59 Å². The van der Waals surface area contributed by atoms with Crippen LogP contribution >= 0.6 is 0 Å². The summed E-state index contributed by atoms with van der Waals surface area (Å²) in [6.07, 6.45) is 1.86. The number of carboxylic acids is 1. The lowest BCUT2D eigenvalue weighted by Gasteiger charge is -2.23. The summed E-state index contributed by atoms with van der Waals surface area (Å²) in [6, 6.07) is 0. The summed E-state index contributed by atoms with van der Waals surface area (Å²) in [4.78, 5) is 23.6. The average Bonchev–Trinajstić information content (AvgIpc) is 2.18. The lowest BCUT2D eigenvalue weighted by atomic mass is 9.95. The van der Waals surface area contributed by atoms with Gasteiger partial charge in [-0.1, -0.05) is 11.5 Å². The van der Waals surface area contributed by atoms with Crippen LogP contribution in [0.1, 0.15) is 26.2 Å². The van der Waals surface area contributed by atoms with E-state index < -0.39 is 11.5 Å². The molecule has 1 amide bonds. The fourth-order valence-electron chi connectivity index (χ4n) is 1.08. The molecule has 0 radical (unpaired) electrons. The number of nitrogens with one attached hydrogen (secondary N) is 1. The third-order valence-corrected chi connectivity index (χ3v) is 2.10. The van der Waals surface area contributed by atoms with E-state index in [4.69, 9.17) is 10.6 Å². The van der Waals surface area contributed by atoms with Crippen molar-refractivity contribution in [3.8, 4) is 0 Å². The number of carbonyl (C=O) groups is 2. The molecule has 0 aliphatic carbocycles. The molecule has 0 fully saturated rings. The number of carbonyl (C=O) groups excluding carboxylic acids is 1. The molecule has 0 saturated carbocycles. The van der Waals surface area contributed by atoms with Crippen LogP contribution in [0, 0.1) is 0 Å².